The van der Waals surface area contributed by atoms with E-state index in [1.54, 1.807) is 6.07 Å². The first-order valence-corrected chi connectivity index (χ1v) is 7.95. The second-order valence-electron chi connectivity index (χ2n) is 5.64. The van der Waals surface area contributed by atoms with E-state index in [1.807, 2.05) is 5.38 Å². The van der Waals surface area contributed by atoms with Crippen molar-refractivity contribution in [2.75, 3.05) is 6.54 Å². The predicted molar refractivity (Wildman–Crippen MR) is 78.4 cm³/mol. The summed E-state index contributed by atoms with van der Waals surface area (Å²) in [6.45, 7) is 4.11. The molecule has 0 saturated heterocycles. The fraction of sp³-hybridized carbons (Fsp3) is 0.714. The van der Waals surface area contributed by atoms with Crippen molar-refractivity contribution in [3.8, 4) is 0 Å². The van der Waals surface area contributed by atoms with Gasteiger partial charge in [0.05, 0.1) is 4.92 Å². The third-order valence-corrected chi connectivity index (χ3v) is 4.94. The Labute approximate surface area is 118 Å². The van der Waals surface area contributed by atoms with Crippen LogP contribution >= 0.6 is 11.3 Å². The van der Waals surface area contributed by atoms with Gasteiger partial charge in [-0.25, -0.2) is 0 Å². The largest absolute Gasteiger partial charge is 0.324 e. The second-order valence-corrected chi connectivity index (χ2v) is 6.53. The van der Waals surface area contributed by atoms with E-state index in [4.69, 9.17) is 0 Å². The molecule has 2 rings (SSSR count). The van der Waals surface area contributed by atoms with Crippen molar-refractivity contribution in [1.82, 2.24) is 5.32 Å². The van der Waals surface area contributed by atoms with E-state index in [-0.39, 0.29) is 9.92 Å². The SMILES string of the molecule is CC1CCC(CCNCc2csc([N+](=O)[O-])c2)CC1. The molecule has 1 N–H and O–H groups in total. The lowest BCUT2D eigenvalue weighted by Crippen LogP contribution is -2.20. The molecule has 0 aliphatic heterocycles. The molecule has 1 aliphatic rings. The molecule has 0 atom stereocenters. The van der Waals surface area contributed by atoms with E-state index in [1.165, 1.54) is 43.4 Å². The Morgan fingerprint density at radius 1 is 1.42 bits per heavy atom. The average molecular weight is 282 g/mol. The zero-order valence-corrected chi connectivity index (χ0v) is 12.2. The zero-order valence-electron chi connectivity index (χ0n) is 11.4. The van der Waals surface area contributed by atoms with Crippen LogP contribution < -0.4 is 5.32 Å². The molecule has 4 nitrogen and oxygen atoms in total. The second kappa shape index (κ2) is 7.01. The Hall–Kier alpha value is -0.940. The third kappa shape index (κ3) is 4.58. The van der Waals surface area contributed by atoms with Gasteiger partial charge in [-0.15, -0.1) is 0 Å². The molecule has 5 heteroatoms. The molecule has 1 aromatic rings. The monoisotopic (exact) mass is 282 g/mol. The van der Waals surface area contributed by atoms with Gasteiger partial charge in [-0.1, -0.05) is 43.9 Å². The molecule has 1 fully saturated rings. The van der Waals surface area contributed by atoms with Gasteiger partial charge >= 0.3 is 5.00 Å². The summed E-state index contributed by atoms with van der Waals surface area (Å²) >= 11 is 1.20. The van der Waals surface area contributed by atoms with Gasteiger partial charge in [0.1, 0.15) is 0 Å². The molecular formula is C14H22N2O2S. The number of thiophene rings is 1. The van der Waals surface area contributed by atoms with E-state index in [2.05, 4.69) is 12.2 Å². The van der Waals surface area contributed by atoms with Gasteiger partial charge in [0, 0.05) is 18.0 Å². The molecule has 0 aromatic carbocycles. The first-order chi connectivity index (χ1) is 9.15. The van der Waals surface area contributed by atoms with Gasteiger partial charge in [-0.2, -0.15) is 0 Å². The summed E-state index contributed by atoms with van der Waals surface area (Å²) in [4.78, 5) is 10.3. The van der Waals surface area contributed by atoms with E-state index in [0.717, 1.165) is 30.5 Å². The predicted octanol–water partition coefficient (Wildman–Crippen LogP) is 3.96. The van der Waals surface area contributed by atoms with Gasteiger partial charge in [-0.05, 0) is 30.4 Å². The van der Waals surface area contributed by atoms with Gasteiger partial charge in [-0.3, -0.25) is 10.1 Å². The maximum Gasteiger partial charge on any atom is 0.324 e. The molecule has 1 aliphatic carbocycles. The molecule has 1 heterocycles. The van der Waals surface area contributed by atoms with Gasteiger partial charge < -0.3 is 5.32 Å². The minimum Gasteiger partial charge on any atom is -0.313 e. The van der Waals surface area contributed by atoms with Crippen LogP contribution in [0.5, 0.6) is 0 Å². The van der Waals surface area contributed by atoms with E-state index in [0.29, 0.717) is 0 Å². The van der Waals surface area contributed by atoms with Crippen LogP contribution in [0.3, 0.4) is 0 Å². The summed E-state index contributed by atoms with van der Waals surface area (Å²) in [5.41, 5.74) is 1.02. The maximum atomic E-state index is 10.6. The van der Waals surface area contributed by atoms with Crippen LogP contribution in [0.25, 0.3) is 0 Å². The lowest BCUT2D eigenvalue weighted by molar-refractivity contribution is -0.380. The lowest BCUT2D eigenvalue weighted by Gasteiger charge is -2.26. The van der Waals surface area contributed by atoms with Gasteiger partial charge in [0.25, 0.3) is 0 Å². The maximum absolute atomic E-state index is 10.6. The third-order valence-electron chi connectivity index (χ3n) is 4.01. The summed E-state index contributed by atoms with van der Waals surface area (Å²) in [5.74, 6) is 1.79. The van der Waals surface area contributed by atoms with Crippen molar-refractivity contribution in [1.29, 1.82) is 0 Å². The van der Waals surface area contributed by atoms with E-state index >= 15 is 0 Å². The molecule has 1 aromatic heterocycles. The van der Waals surface area contributed by atoms with Crippen molar-refractivity contribution < 1.29 is 4.92 Å². The van der Waals surface area contributed by atoms with Crippen molar-refractivity contribution in [2.45, 2.75) is 45.6 Å². The molecule has 1 saturated carbocycles. The standard InChI is InChI=1S/C14H22N2O2S/c1-11-2-4-12(5-3-11)6-7-15-9-13-8-14(16(17)18)19-10-13/h8,10-12,15H,2-7,9H2,1H3. The molecular weight excluding hydrogens is 260 g/mol. The Morgan fingerprint density at radius 2 is 2.16 bits per heavy atom. The minimum absolute atomic E-state index is 0.234. The van der Waals surface area contributed by atoms with Crippen molar-refractivity contribution in [3.63, 3.8) is 0 Å². The highest BCUT2D eigenvalue weighted by molar-refractivity contribution is 7.13. The van der Waals surface area contributed by atoms with Crippen LogP contribution in [0.1, 0.15) is 44.6 Å². The summed E-state index contributed by atoms with van der Waals surface area (Å²) in [6.07, 6.45) is 6.72. The van der Waals surface area contributed by atoms with E-state index < -0.39 is 0 Å². The highest BCUT2D eigenvalue weighted by Gasteiger charge is 2.17. The summed E-state index contributed by atoms with van der Waals surface area (Å²) < 4.78 is 0. The molecule has 19 heavy (non-hydrogen) atoms. The number of hydrogen-bond donors (Lipinski definition) is 1. The fourth-order valence-corrected chi connectivity index (χ4v) is 3.44. The first-order valence-electron chi connectivity index (χ1n) is 7.07. The summed E-state index contributed by atoms with van der Waals surface area (Å²) in [7, 11) is 0. The number of nitrogens with one attached hydrogen (secondary N) is 1. The number of hydrogen-bond acceptors (Lipinski definition) is 4. The van der Waals surface area contributed by atoms with Gasteiger partial charge in [0.15, 0.2) is 0 Å². The van der Waals surface area contributed by atoms with Crippen LogP contribution in [0.4, 0.5) is 5.00 Å². The Kier molecular flexibility index (Phi) is 5.34. The topological polar surface area (TPSA) is 55.2 Å². The lowest BCUT2D eigenvalue weighted by atomic mass is 9.81. The van der Waals surface area contributed by atoms with Crippen molar-refractivity contribution in [2.24, 2.45) is 11.8 Å². The van der Waals surface area contributed by atoms with Gasteiger partial charge in [0.2, 0.25) is 0 Å². The molecule has 0 spiro atoms. The number of nitrogens with zero attached hydrogens (tertiary/aromatic N) is 1. The summed E-state index contributed by atoms with van der Waals surface area (Å²) in [6, 6.07) is 1.67. The van der Waals surface area contributed by atoms with Crippen molar-refractivity contribution >= 4 is 16.3 Å². The smallest absolute Gasteiger partial charge is 0.313 e. The molecule has 0 radical (unpaired) electrons. The highest BCUT2D eigenvalue weighted by Crippen LogP contribution is 2.30. The summed E-state index contributed by atoms with van der Waals surface area (Å²) in [5, 5.41) is 16.1. The molecule has 0 bridgehead atoms. The fourth-order valence-electron chi connectivity index (χ4n) is 2.71. The normalized spacial score (nSPS) is 23.4. The number of nitro groups is 1. The minimum atomic E-state index is -0.322. The van der Waals surface area contributed by atoms with Crippen LogP contribution in [0.2, 0.25) is 0 Å². The average Bonchev–Trinajstić information content (AvgIpc) is 2.86. The Bertz CT molecular complexity index is 411. The van der Waals surface area contributed by atoms with Crippen molar-refractivity contribution in [3.05, 3.63) is 27.1 Å². The Balaban J connectivity index is 1.62. The quantitative estimate of drug-likeness (QED) is 0.488. The first kappa shape index (κ1) is 14.5. The molecule has 0 amide bonds. The zero-order chi connectivity index (χ0) is 13.7. The van der Waals surface area contributed by atoms with Crippen LogP contribution in [-0.4, -0.2) is 11.5 Å². The molecule has 106 valence electrons. The van der Waals surface area contributed by atoms with Crippen LogP contribution in [0, 0.1) is 22.0 Å². The van der Waals surface area contributed by atoms with E-state index in [9.17, 15) is 10.1 Å². The number of rotatable bonds is 6. The van der Waals surface area contributed by atoms with Crippen LogP contribution in [0.15, 0.2) is 11.4 Å². The Morgan fingerprint density at radius 3 is 2.79 bits per heavy atom. The molecule has 0 unspecified atom stereocenters. The van der Waals surface area contributed by atoms with Crippen LogP contribution in [-0.2, 0) is 6.54 Å². The highest BCUT2D eigenvalue weighted by atomic mass is 32.1.